The van der Waals surface area contributed by atoms with Crippen LogP contribution >= 0.6 is 0 Å². The second-order valence-electron chi connectivity index (χ2n) is 7.90. The third-order valence-corrected chi connectivity index (χ3v) is 5.66. The van der Waals surface area contributed by atoms with Crippen LogP contribution in [-0.4, -0.2) is 69.5 Å². The van der Waals surface area contributed by atoms with Crippen molar-refractivity contribution in [3.8, 4) is 11.5 Å². The van der Waals surface area contributed by atoms with Crippen LogP contribution in [0.25, 0.3) is 0 Å². The van der Waals surface area contributed by atoms with Crippen molar-refractivity contribution >= 4 is 13.1 Å². The van der Waals surface area contributed by atoms with E-state index < -0.39 is 13.1 Å². The molecule has 4 rings (SSSR count). The number of aromatic carboxylic acids is 1. The Labute approximate surface area is 151 Å². The Morgan fingerprint density at radius 1 is 1.35 bits per heavy atom. The van der Waals surface area contributed by atoms with Crippen molar-refractivity contribution < 1.29 is 29.8 Å². The van der Waals surface area contributed by atoms with E-state index in [2.05, 4.69) is 4.90 Å². The van der Waals surface area contributed by atoms with Crippen LogP contribution in [0.3, 0.4) is 0 Å². The fourth-order valence-corrected chi connectivity index (χ4v) is 3.76. The molecule has 26 heavy (non-hydrogen) atoms. The summed E-state index contributed by atoms with van der Waals surface area (Å²) >= 11 is 0. The number of nitrogens with zero attached hydrogens (tertiary/aromatic N) is 1. The van der Waals surface area contributed by atoms with Crippen LogP contribution in [0.4, 0.5) is 0 Å². The molecule has 6 N–H and O–H groups in total. The normalized spacial score (nSPS) is 26.9. The lowest BCUT2D eigenvalue weighted by Crippen LogP contribution is -2.57. The van der Waals surface area contributed by atoms with Gasteiger partial charge in [0, 0.05) is 31.0 Å². The van der Waals surface area contributed by atoms with E-state index in [-0.39, 0.29) is 40.4 Å². The van der Waals surface area contributed by atoms with Gasteiger partial charge in [-0.2, -0.15) is 0 Å². The van der Waals surface area contributed by atoms with Crippen LogP contribution in [0.15, 0.2) is 12.1 Å². The summed E-state index contributed by atoms with van der Waals surface area (Å²) in [4.78, 5) is 13.8. The van der Waals surface area contributed by atoms with E-state index in [9.17, 15) is 25.1 Å². The van der Waals surface area contributed by atoms with Crippen LogP contribution in [0.5, 0.6) is 11.5 Å². The smallest absolute Gasteiger partial charge is 0.455 e. The van der Waals surface area contributed by atoms with Gasteiger partial charge in [0.25, 0.3) is 0 Å². The average molecular weight is 362 g/mol. The van der Waals surface area contributed by atoms with E-state index in [1.807, 2.05) is 0 Å². The highest BCUT2D eigenvalue weighted by Crippen LogP contribution is 2.56. The van der Waals surface area contributed by atoms with Gasteiger partial charge < -0.3 is 30.7 Å². The second-order valence-corrected chi connectivity index (χ2v) is 7.90. The molecule has 8 nitrogen and oxygen atoms in total. The maximum Gasteiger partial charge on any atom is 0.455 e. The lowest BCUT2D eigenvalue weighted by Gasteiger charge is -2.40. The van der Waals surface area contributed by atoms with Gasteiger partial charge in [0.1, 0.15) is 23.2 Å². The second kappa shape index (κ2) is 6.12. The van der Waals surface area contributed by atoms with Crippen LogP contribution in [0, 0.1) is 0 Å². The van der Waals surface area contributed by atoms with Crippen molar-refractivity contribution in [3.05, 3.63) is 23.3 Å². The molecule has 9 heteroatoms. The fraction of sp³-hybridized carbons (Fsp3) is 0.588. The zero-order chi connectivity index (χ0) is 18.6. The van der Waals surface area contributed by atoms with Crippen molar-refractivity contribution in [1.29, 1.82) is 0 Å². The number of hydrogen-bond donors (Lipinski definition) is 5. The molecular weight excluding hydrogens is 339 g/mol. The quantitative estimate of drug-likeness (QED) is 0.427. The number of phenols is 1. The van der Waals surface area contributed by atoms with Gasteiger partial charge in [0.15, 0.2) is 0 Å². The number of carboxylic acids is 1. The van der Waals surface area contributed by atoms with Crippen LogP contribution in [0.1, 0.15) is 41.1 Å². The Hall–Kier alpha value is -1.81. The number of benzene rings is 1. The van der Waals surface area contributed by atoms with Crippen LogP contribution in [-0.2, 0) is 0 Å². The minimum atomic E-state index is -1.47. The first-order chi connectivity index (χ1) is 12.3. The third kappa shape index (κ3) is 3.27. The summed E-state index contributed by atoms with van der Waals surface area (Å²) in [5, 5.41) is 38.4. The SMILES string of the molecule is NC1(CN2CC(Oc3ccc(C4CC4B(O)O)c(O)c3C(=O)O)C2)CC1. The van der Waals surface area contributed by atoms with Crippen LogP contribution in [0.2, 0.25) is 5.82 Å². The van der Waals surface area contributed by atoms with E-state index in [0.717, 1.165) is 19.4 Å². The first-order valence-corrected chi connectivity index (χ1v) is 8.90. The molecule has 0 bridgehead atoms. The monoisotopic (exact) mass is 362 g/mol. The number of nitrogens with two attached hydrogens (primary N) is 1. The number of hydrogen-bond acceptors (Lipinski definition) is 7. The Kier molecular flexibility index (Phi) is 4.15. The summed E-state index contributed by atoms with van der Waals surface area (Å²) in [5.41, 5.74) is 6.18. The van der Waals surface area contributed by atoms with Gasteiger partial charge in [-0.25, -0.2) is 4.79 Å². The van der Waals surface area contributed by atoms with Crippen LogP contribution < -0.4 is 10.5 Å². The fourth-order valence-electron chi connectivity index (χ4n) is 3.76. The molecule has 2 saturated carbocycles. The molecule has 0 amide bonds. The summed E-state index contributed by atoms with van der Waals surface area (Å²) in [6.45, 7) is 2.19. The van der Waals surface area contributed by atoms with Crippen molar-refractivity contribution in [2.45, 2.75) is 42.6 Å². The van der Waals surface area contributed by atoms with E-state index >= 15 is 0 Å². The predicted molar refractivity (Wildman–Crippen MR) is 93.4 cm³/mol. The molecule has 2 aliphatic carbocycles. The lowest BCUT2D eigenvalue weighted by atomic mass is 9.81. The standard InChI is InChI=1S/C17H23BN2O6/c19-17(3-4-17)8-20-6-9(7-20)26-13-2-1-10(11-5-12(11)18(24)25)15(21)14(13)16(22)23/h1-2,9,11-12,21,24-25H,3-8,19H2,(H,22,23). The maximum absolute atomic E-state index is 11.6. The molecule has 1 aromatic carbocycles. The van der Waals surface area contributed by atoms with Crippen molar-refractivity contribution in [2.75, 3.05) is 19.6 Å². The zero-order valence-electron chi connectivity index (χ0n) is 14.3. The van der Waals surface area contributed by atoms with Gasteiger partial charge >= 0.3 is 13.1 Å². The molecule has 0 spiro atoms. The molecule has 1 saturated heterocycles. The van der Waals surface area contributed by atoms with E-state index in [4.69, 9.17) is 10.5 Å². The molecule has 0 aromatic heterocycles. The van der Waals surface area contributed by atoms with Gasteiger partial charge in [-0.3, -0.25) is 4.90 Å². The number of carboxylic acid groups (broad SMARTS) is 1. The van der Waals surface area contributed by atoms with E-state index in [1.54, 1.807) is 12.1 Å². The summed E-state index contributed by atoms with van der Waals surface area (Å²) in [5.74, 6) is -2.10. The Balaban J connectivity index is 1.45. The van der Waals surface area contributed by atoms with E-state index in [0.29, 0.717) is 25.1 Å². The highest BCUT2D eigenvalue weighted by molar-refractivity contribution is 6.44. The zero-order valence-corrected chi connectivity index (χ0v) is 14.3. The molecule has 1 heterocycles. The van der Waals surface area contributed by atoms with Gasteiger partial charge in [0.2, 0.25) is 0 Å². The highest BCUT2D eigenvalue weighted by Gasteiger charge is 2.48. The Bertz CT molecular complexity index is 732. The molecule has 0 radical (unpaired) electrons. The number of ether oxygens (including phenoxy) is 1. The number of aromatic hydroxyl groups is 1. The number of likely N-dealkylation sites (tertiary alicyclic amines) is 1. The van der Waals surface area contributed by atoms with Gasteiger partial charge in [-0.15, -0.1) is 0 Å². The molecule has 2 atom stereocenters. The van der Waals surface area contributed by atoms with E-state index in [1.165, 1.54) is 0 Å². The molecule has 2 unspecified atom stereocenters. The predicted octanol–water partition coefficient (Wildman–Crippen LogP) is -0.0250. The van der Waals surface area contributed by atoms with Crippen molar-refractivity contribution in [2.24, 2.45) is 5.73 Å². The van der Waals surface area contributed by atoms with Gasteiger partial charge in [-0.1, -0.05) is 6.07 Å². The molecule has 1 aromatic rings. The average Bonchev–Trinajstić information content (AvgIpc) is 3.42. The summed E-state index contributed by atoms with van der Waals surface area (Å²) < 4.78 is 5.80. The van der Waals surface area contributed by atoms with Crippen molar-refractivity contribution in [1.82, 2.24) is 4.90 Å². The minimum absolute atomic E-state index is 0.0603. The summed E-state index contributed by atoms with van der Waals surface area (Å²) in [7, 11) is -1.47. The van der Waals surface area contributed by atoms with Gasteiger partial charge in [-0.05, 0) is 36.8 Å². The van der Waals surface area contributed by atoms with Gasteiger partial charge in [0.05, 0.1) is 0 Å². The summed E-state index contributed by atoms with van der Waals surface area (Å²) in [6.07, 6.45) is 2.45. The largest absolute Gasteiger partial charge is 0.507 e. The third-order valence-electron chi connectivity index (χ3n) is 5.66. The first kappa shape index (κ1) is 17.6. The topological polar surface area (TPSA) is 136 Å². The minimum Gasteiger partial charge on any atom is -0.507 e. The Morgan fingerprint density at radius 3 is 2.58 bits per heavy atom. The molecule has 3 aliphatic rings. The molecular formula is C17H23BN2O6. The number of carbonyl (C=O) groups is 1. The first-order valence-electron chi connectivity index (χ1n) is 8.90. The Morgan fingerprint density at radius 2 is 2.04 bits per heavy atom. The number of rotatable bonds is 7. The molecule has 1 aliphatic heterocycles. The van der Waals surface area contributed by atoms with Crippen molar-refractivity contribution in [3.63, 3.8) is 0 Å². The molecule has 3 fully saturated rings. The highest BCUT2D eigenvalue weighted by atomic mass is 16.5. The lowest BCUT2D eigenvalue weighted by molar-refractivity contribution is 0.0137. The summed E-state index contributed by atoms with van der Waals surface area (Å²) in [6, 6.07) is 3.16. The molecule has 140 valence electrons. The maximum atomic E-state index is 11.6.